The molecular formula is C18H19NO7. The zero-order valence-corrected chi connectivity index (χ0v) is 14.3. The summed E-state index contributed by atoms with van der Waals surface area (Å²) < 4.78 is 19.9. The van der Waals surface area contributed by atoms with Crippen LogP contribution >= 0.6 is 0 Å². The fourth-order valence-corrected chi connectivity index (χ4v) is 2.89. The Kier molecular flexibility index (Phi) is 5.40. The van der Waals surface area contributed by atoms with Crippen molar-refractivity contribution in [3.63, 3.8) is 0 Å². The van der Waals surface area contributed by atoms with Crippen LogP contribution in [0.5, 0.6) is 0 Å². The highest BCUT2D eigenvalue weighted by Crippen LogP contribution is 2.24. The van der Waals surface area contributed by atoms with Gasteiger partial charge >= 0.3 is 11.9 Å². The van der Waals surface area contributed by atoms with Gasteiger partial charge in [0.15, 0.2) is 6.61 Å². The highest BCUT2D eigenvalue weighted by atomic mass is 16.6. The summed E-state index contributed by atoms with van der Waals surface area (Å²) in [7, 11) is 1.28. The van der Waals surface area contributed by atoms with Gasteiger partial charge in [-0.25, -0.2) is 9.59 Å². The monoisotopic (exact) mass is 361 g/mol. The van der Waals surface area contributed by atoms with E-state index in [0.29, 0.717) is 13.0 Å². The summed E-state index contributed by atoms with van der Waals surface area (Å²) in [4.78, 5) is 37.9. The summed E-state index contributed by atoms with van der Waals surface area (Å²) in [6, 6.07) is 6.81. The summed E-state index contributed by atoms with van der Waals surface area (Å²) in [6.45, 7) is 0.329. The standard InChI is InChI=1S/C18H19NO7/c1-23-17(21)14-8-12-4-2-3-5-13(12)9-19(14)16(20)11-26-18(22)15-10-24-6-7-25-15/h2-5,10,14H,6-9,11H2,1H3/t14-/m0/s1. The molecule has 0 unspecified atom stereocenters. The minimum absolute atomic E-state index is 0.0856. The number of methoxy groups -OCH3 is 1. The minimum atomic E-state index is -0.787. The van der Waals surface area contributed by atoms with Crippen LogP contribution < -0.4 is 0 Å². The fraction of sp³-hybridized carbons (Fsp3) is 0.389. The highest BCUT2D eigenvalue weighted by Gasteiger charge is 2.35. The van der Waals surface area contributed by atoms with Crippen molar-refractivity contribution in [3.05, 3.63) is 47.4 Å². The third-order valence-corrected chi connectivity index (χ3v) is 4.22. The number of hydrogen-bond donors (Lipinski definition) is 0. The molecule has 26 heavy (non-hydrogen) atoms. The average Bonchev–Trinajstić information content (AvgIpc) is 2.70. The molecule has 8 heteroatoms. The Morgan fingerprint density at radius 2 is 1.96 bits per heavy atom. The minimum Gasteiger partial charge on any atom is -0.493 e. The van der Waals surface area contributed by atoms with Crippen molar-refractivity contribution in [2.45, 2.75) is 19.0 Å². The van der Waals surface area contributed by atoms with Crippen molar-refractivity contribution < 1.29 is 33.3 Å². The Balaban J connectivity index is 1.68. The van der Waals surface area contributed by atoms with Crippen molar-refractivity contribution in [2.24, 2.45) is 0 Å². The van der Waals surface area contributed by atoms with Crippen LogP contribution in [-0.4, -0.2) is 55.7 Å². The van der Waals surface area contributed by atoms with Gasteiger partial charge in [-0.05, 0) is 11.1 Å². The van der Waals surface area contributed by atoms with Crippen molar-refractivity contribution in [2.75, 3.05) is 26.9 Å². The maximum absolute atomic E-state index is 12.6. The number of amides is 1. The van der Waals surface area contributed by atoms with Crippen molar-refractivity contribution >= 4 is 17.8 Å². The van der Waals surface area contributed by atoms with E-state index in [2.05, 4.69) is 0 Å². The molecule has 2 aliphatic heterocycles. The van der Waals surface area contributed by atoms with Gasteiger partial charge in [-0.15, -0.1) is 0 Å². The van der Waals surface area contributed by atoms with Gasteiger partial charge in [-0.3, -0.25) is 4.79 Å². The van der Waals surface area contributed by atoms with E-state index in [9.17, 15) is 14.4 Å². The molecule has 0 radical (unpaired) electrons. The molecule has 0 saturated carbocycles. The van der Waals surface area contributed by atoms with Crippen LogP contribution in [0, 0.1) is 0 Å². The number of carbonyl (C=O) groups excluding carboxylic acids is 3. The second kappa shape index (κ2) is 7.90. The molecule has 138 valence electrons. The SMILES string of the molecule is COC(=O)[C@@H]1Cc2ccccc2CN1C(=O)COC(=O)C1=COCCO1. The Morgan fingerprint density at radius 1 is 1.19 bits per heavy atom. The van der Waals surface area contributed by atoms with Crippen LogP contribution in [0.4, 0.5) is 0 Å². The van der Waals surface area contributed by atoms with Crippen LogP contribution in [0.3, 0.4) is 0 Å². The number of nitrogens with zero attached hydrogens (tertiary/aromatic N) is 1. The lowest BCUT2D eigenvalue weighted by Crippen LogP contribution is -2.50. The molecule has 3 rings (SSSR count). The molecule has 1 amide bonds. The van der Waals surface area contributed by atoms with Crippen molar-refractivity contribution in [1.82, 2.24) is 4.90 Å². The van der Waals surface area contributed by atoms with E-state index in [-0.39, 0.29) is 18.9 Å². The van der Waals surface area contributed by atoms with Crippen molar-refractivity contribution in [3.8, 4) is 0 Å². The summed E-state index contributed by atoms with van der Waals surface area (Å²) in [5, 5.41) is 0. The van der Waals surface area contributed by atoms with E-state index in [0.717, 1.165) is 17.4 Å². The first-order valence-corrected chi connectivity index (χ1v) is 8.16. The number of carbonyl (C=O) groups is 3. The first-order valence-electron chi connectivity index (χ1n) is 8.16. The quantitative estimate of drug-likeness (QED) is 0.723. The van der Waals surface area contributed by atoms with Crippen molar-refractivity contribution in [1.29, 1.82) is 0 Å². The van der Waals surface area contributed by atoms with Gasteiger partial charge in [0.1, 0.15) is 25.5 Å². The summed E-state index contributed by atoms with van der Waals surface area (Å²) in [5.74, 6) is -1.87. The van der Waals surface area contributed by atoms with E-state index >= 15 is 0 Å². The van der Waals surface area contributed by atoms with E-state index in [4.69, 9.17) is 18.9 Å². The Morgan fingerprint density at radius 3 is 2.65 bits per heavy atom. The molecule has 1 aromatic carbocycles. The Labute approximate surface area is 150 Å². The van der Waals surface area contributed by atoms with Gasteiger partial charge in [0, 0.05) is 13.0 Å². The number of ether oxygens (including phenoxy) is 4. The van der Waals surface area contributed by atoms with Crippen LogP contribution in [0.2, 0.25) is 0 Å². The van der Waals surface area contributed by atoms with Gasteiger partial charge in [0.25, 0.3) is 5.91 Å². The zero-order valence-electron chi connectivity index (χ0n) is 14.3. The Bertz CT molecular complexity index is 743. The van der Waals surface area contributed by atoms with Crippen LogP contribution in [0.15, 0.2) is 36.3 Å². The number of esters is 2. The number of rotatable bonds is 4. The third-order valence-electron chi connectivity index (χ3n) is 4.22. The van der Waals surface area contributed by atoms with Gasteiger partial charge < -0.3 is 23.8 Å². The summed E-state index contributed by atoms with van der Waals surface area (Å²) in [5.41, 5.74) is 1.93. The molecular weight excluding hydrogens is 342 g/mol. The van der Waals surface area contributed by atoms with Crippen LogP contribution in [-0.2, 0) is 46.3 Å². The number of hydrogen-bond acceptors (Lipinski definition) is 7. The number of benzene rings is 1. The maximum atomic E-state index is 12.6. The third kappa shape index (κ3) is 3.79. The maximum Gasteiger partial charge on any atom is 0.377 e. The lowest BCUT2D eigenvalue weighted by molar-refractivity contribution is -0.159. The lowest BCUT2D eigenvalue weighted by atomic mass is 9.94. The van der Waals surface area contributed by atoms with Gasteiger partial charge in [-0.2, -0.15) is 0 Å². The first-order chi connectivity index (χ1) is 12.6. The molecule has 0 bridgehead atoms. The van der Waals surface area contributed by atoms with Crippen LogP contribution in [0.25, 0.3) is 0 Å². The molecule has 0 aliphatic carbocycles. The average molecular weight is 361 g/mol. The Hall–Kier alpha value is -3.03. The summed E-state index contributed by atoms with van der Waals surface area (Å²) in [6.07, 6.45) is 1.51. The fourth-order valence-electron chi connectivity index (χ4n) is 2.89. The molecule has 2 aliphatic rings. The second-order valence-electron chi connectivity index (χ2n) is 5.81. The highest BCUT2D eigenvalue weighted by molar-refractivity contribution is 5.90. The predicted octanol–water partition coefficient (Wildman–Crippen LogP) is 0.544. The predicted molar refractivity (Wildman–Crippen MR) is 87.4 cm³/mol. The molecule has 1 aromatic rings. The van der Waals surface area contributed by atoms with Crippen LogP contribution in [0.1, 0.15) is 11.1 Å². The largest absolute Gasteiger partial charge is 0.493 e. The normalized spacial score (nSPS) is 18.6. The lowest BCUT2D eigenvalue weighted by Gasteiger charge is -2.35. The second-order valence-corrected chi connectivity index (χ2v) is 5.81. The molecule has 0 spiro atoms. The van der Waals surface area contributed by atoms with Gasteiger partial charge in [0.05, 0.1) is 7.11 Å². The smallest absolute Gasteiger partial charge is 0.377 e. The molecule has 0 N–H and O–H groups in total. The summed E-state index contributed by atoms with van der Waals surface area (Å²) >= 11 is 0. The molecule has 2 heterocycles. The first kappa shape index (κ1) is 17.8. The number of fused-ring (bicyclic) bond motifs is 1. The van der Waals surface area contributed by atoms with E-state index in [1.165, 1.54) is 12.0 Å². The molecule has 1 atom stereocenters. The van der Waals surface area contributed by atoms with Gasteiger partial charge in [0.2, 0.25) is 5.76 Å². The van der Waals surface area contributed by atoms with Gasteiger partial charge in [-0.1, -0.05) is 24.3 Å². The topological polar surface area (TPSA) is 91.4 Å². The van der Waals surface area contributed by atoms with E-state index in [1.807, 2.05) is 24.3 Å². The molecule has 8 nitrogen and oxygen atoms in total. The van der Waals surface area contributed by atoms with E-state index in [1.54, 1.807) is 0 Å². The zero-order chi connectivity index (χ0) is 18.5. The molecule has 0 fully saturated rings. The molecule has 0 aromatic heterocycles. The molecule has 0 saturated heterocycles. The van der Waals surface area contributed by atoms with E-state index < -0.39 is 30.5 Å².